The summed E-state index contributed by atoms with van der Waals surface area (Å²) in [7, 11) is 2.98. The highest BCUT2D eigenvalue weighted by molar-refractivity contribution is 5.74. The van der Waals surface area contributed by atoms with E-state index in [2.05, 4.69) is 19.9 Å². The Kier molecular flexibility index (Phi) is 6.59. The van der Waals surface area contributed by atoms with Crippen LogP contribution in [-0.2, 0) is 26.8 Å². The third-order valence-electron chi connectivity index (χ3n) is 5.99. The largest absolute Gasteiger partial charge is 0.467 e. The van der Waals surface area contributed by atoms with E-state index in [1.165, 1.54) is 52.3 Å². The van der Waals surface area contributed by atoms with Crippen LogP contribution >= 0.6 is 0 Å². The van der Waals surface area contributed by atoms with Crippen molar-refractivity contribution < 1.29 is 31.1 Å². The van der Waals surface area contributed by atoms with Gasteiger partial charge in [-0.05, 0) is 17.7 Å². The van der Waals surface area contributed by atoms with E-state index in [1.54, 1.807) is 24.3 Å². The van der Waals surface area contributed by atoms with Crippen LogP contribution in [-0.4, -0.2) is 46.4 Å². The number of fused-ring (bicyclic) bond motifs is 1. The molecule has 0 atom stereocenters. The highest BCUT2D eigenvalue weighted by Gasteiger charge is 2.34. The Bertz CT molecular complexity index is 1750. The van der Waals surface area contributed by atoms with E-state index >= 15 is 0 Å². The SMILES string of the molecule is Cn1cc(C(F)(F)F)nc1-c1ccc(Cn2c(=O)n(C)c3cnc(-c4cccnc4OCC(F)(F)F)nc32)cc1. The Morgan fingerprint density at radius 3 is 2.33 bits per heavy atom. The fourth-order valence-corrected chi connectivity index (χ4v) is 4.09. The van der Waals surface area contributed by atoms with Crippen LogP contribution in [0.25, 0.3) is 33.9 Å². The molecule has 0 spiro atoms. The van der Waals surface area contributed by atoms with Crippen molar-refractivity contribution in [2.45, 2.75) is 18.9 Å². The van der Waals surface area contributed by atoms with Gasteiger partial charge in [-0.25, -0.2) is 24.7 Å². The highest BCUT2D eigenvalue weighted by Crippen LogP contribution is 2.31. The molecule has 40 heavy (non-hydrogen) atoms. The molecule has 0 saturated heterocycles. The summed E-state index contributed by atoms with van der Waals surface area (Å²) in [5, 5.41) is 0. The zero-order valence-electron chi connectivity index (χ0n) is 20.8. The summed E-state index contributed by atoms with van der Waals surface area (Å²) >= 11 is 0. The first-order chi connectivity index (χ1) is 18.8. The third kappa shape index (κ3) is 5.26. The van der Waals surface area contributed by atoms with Crippen molar-refractivity contribution in [1.82, 2.24) is 33.6 Å². The minimum Gasteiger partial charge on any atom is -0.467 e. The lowest BCUT2D eigenvalue weighted by atomic mass is 10.1. The molecule has 0 fully saturated rings. The zero-order chi connectivity index (χ0) is 28.8. The minimum atomic E-state index is -4.58. The second-order valence-electron chi connectivity index (χ2n) is 8.85. The van der Waals surface area contributed by atoms with E-state index in [4.69, 9.17) is 4.74 Å². The van der Waals surface area contributed by atoms with Gasteiger partial charge in [-0.1, -0.05) is 24.3 Å². The topological polar surface area (TPSA) is 92.7 Å². The normalized spacial score (nSPS) is 12.3. The number of hydrogen-bond donors (Lipinski definition) is 0. The van der Waals surface area contributed by atoms with Gasteiger partial charge in [0.2, 0.25) is 5.88 Å². The number of rotatable bonds is 6. The number of hydrogen-bond acceptors (Lipinski definition) is 6. The van der Waals surface area contributed by atoms with E-state index in [0.717, 1.165) is 6.20 Å². The molecule has 0 aliphatic rings. The van der Waals surface area contributed by atoms with Gasteiger partial charge < -0.3 is 9.30 Å². The molecule has 0 radical (unpaired) electrons. The van der Waals surface area contributed by atoms with Gasteiger partial charge in [-0.3, -0.25) is 9.13 Å². The number of ether oxygens (including phenoxy) is 1. The van der Waals surface area contributed by atoms with Gasteiger partial charge in [0.25, 0.3) is 0 Å². The average Bonchev–Trinajstić information content (AvgIpc) is 3.41. The lowest BCUT2D eigenvalue weighted by Gasteiger charge is -2.11. The lowest BCUT2D eigenvalue weighted by molar-refractivity contribution is -0.154. The van der Waals surface area contributed by atoms with Gasteiger partial charge >= 0.3 is 18.0 Å². The number of halogens is 6. The molecule has 4 aromatic heterocycles. The van der Waals surface area contributed by atoms with Crippen molar-refractivity contribution in [2.75, 3.05) is 6.61 Å². The highest BCUT2D eigenvalue weighted by atomic mass is 19.4. The molecule has 0 saturated carbocycles. The summed E-state index contributed by atoms with van der Waals surface area (Å²) in [5.74, 6) is -0.191. The number of aryl methyl sites for hydroxylation is 2. The van der Waals surface area contributed by atoms with Crippen LogP contribution in [0.4, 0.5) is 26.3 Å². The first-order valence-electron chi connectivity index (χ1n) is 11.6. The lowest BCUT2D eigenvalue weighted by Crippen LogP contribution is -2.22. The molecule has 5 aromatic rings. The predicted octanol–water partition coefficient (Wildman–Crippen LogP) is 4.60. The van der Waals surface area contributed by atoms with Gasteiger partial charge in [0.05, 0.1) is 18.3 Å². The summed E-state index contributed by atoms with van der Waals surface area (Å²) in [4.78, 5) is 29.2. The second-order valence-corrected chi connectivity index (χ2v) is 8.85. The maximum Gasteiger partial charge on any atom is 0.434 e. The van der Waals surface area contributed by atoms with Gasteiger partial charge in [0.15, 0.2) is 23.8 Å². The van der Waals surface area contributed by atoms with Crippen LogP contribution < -0.4 is 10.4 Å². The van der Waals surface area contributed by atoms with Crippen molar-refractivity contribution in [2.24, 2.45) is 14.1 Å². The van der Waals surface area contributed by atoms with Gasteiger partial charge in [0.1, 0.15) is 11.3 Å². The van der Waals surface area contributed by atoms with Crippen LogP contribution in [0.15, 0.2) is 59.8 Å². The fraction of sp³-hybridized carbons (Fsp3) is 0.240. The van der Waals surface area contributed by atoms with E-state index < -0.39 is 30.3 Å². The Balaban J connectivity index is 1.48. The summed E-state index contributed by atoms with van der Waals surface area (Å²) in [6, 6.07) is 9.42. The minimum absolute atomic E-state index is 0.00252. The van der Waals surface area contributed by atoms with E-state index in [0.29, 0.717) is 16.6 Å². The summed E-state index contributed by atoms with van der Waals surface area (Å²) in [6.07, 6.45) is -5.61. The monoisotopic (exact) mass is 563 g/mol. The number of nitrogens with zero attached hydrogens (tertiary/aromatic N) is 7. The number of pyridine rings is 1. The first-order valence-corrected chi connectivity index (χ1v) is 11.6. The Morgan fingerprint density at radius 2 is 1.68 bits per heavy atom. The fourth-order valence-electron chi connectivity index (χ4n) is 4.09. The number of alkyl halides is 6. The molecule has 5 rings (SSSR count). The van der Waals surface area contributed by atoms with E-state index in [9.17, 15) is 31.1 Å². The molecule has 0 unspecified atom stereocenters. The molecular formula is C25H19F6N7O2. The molecule has 208 valence electrons. The van der Waals surface area contributed by atoms with Crippen molar-refractivity contribution in [1.29, 1.82) is 0 Å². The maximum atomic E-state index is 13.0. The van der Waals surface area contributed by atoms with Crippen molar-refractivity contribution >= 4 is 11.2 Å². The molecule has 1 aromatic carbocycles. The second kappa shape index (κ2) is 9.81. The molecule has 4 heterocycles. The average molecular weight is 563 g/mol. The molecular weight excluding hydrogens is 544 g/mol. The summed E-state index contributed by atoms with van der Waals surface area (Å²) in [5.41, 5.74) is 0.343. The van der Waals surface area contributed by atoms with Gasteiger partial charge in [-0.15, -0.1) is 0 Å². The Labute approximate surface area is 221 Å². The summed E-state index contributed by atoms with van der Waals surface area (Å²) < 4.78 is 86.0. The smallest absolute Gasteiger partial charge is 0.434 e. The maximum absolute atomic E-state index is 13.0. The van der Waals surface area contributed by atoms with Crippen LogP contribution in [0.5, 0.6) is 5.88 Å². The molecule has 0 aliphatic carbocycles. The number of aromatic nitrogens is 7. The van der Waals surface area contributed by atoms with Crippen LogP contribution in [0.2, 0.25) is 0 Å². The molecule has 0 amide bonds. The quantitative estimate of drug-likeness (QED) is 0.281. The van der Waals surface area contributed by atoms with Crippen LogP contribution in [0.1, 0.15) is 11.3 Å². The number of imidazole rings is 2. The Hall–Kier alpha value is -4.69. The Morgan fingerprint density at radius 1 is 0.950 bits per heavy atom. The number of benzene rings is 1. The molecule has 9 nitrogen and oxygen atoms in total. The zero-order valence-corrected chi connectivity index (χ0v) is 20.8. The molecule has 15 heteroatoms. The van der Waals surface area contributed by atoms with E-state index in [1.807, 2.05) is 0 Å². The van der Waals surface area contributed by atoms with Gasteiger partial charge in [0, 0.05) is 32.1 Å². The van der Waals surface area contributed by atoms with Crippen molar-refractivity contribution in [3.05, 3.63) is 76.7 Å². The molecule has 0 N–H and O–H groups in total. The van der Waals surface area contributed by atoms with Crippen molar-refractivity contribution in [3.63, 3.8) is 0 Å². The van der Waals surface area contributed by atoms with Crippen LogP contribution in [0, 0.1) is 0 Å². The first kappa shape index (κ1) is 26.9. The van der Waals surface area contributed by atoms with Gasteiger partial charge in [-0.2, -0.15) is 26.3 Å². The molecule has 0 bridgehead atoms. The predicted molar refractivity (Wildman–Crippen MR) is 130 cm³/mol. The van der Waals surface area contributed by atoms with E-state index in [-0.39, 0.29) is 35.3 Å². The standard InChI is InChI=1S/C25H19F6N7O2/c1-36-12-18(25(29,30)31)34-20(36)15-7-5-14(6-8-15)11-38-21-17(37(2)23(38)39)10-33-19(35-21)16-4-3-9-32-22(16)40-13-24(26,27)28/h3-10,12H,11,13H2,1-2H3. The van der Waals surface area contributed by atoms with Crippen molar-refractivity contribution in [3.8, 4) is 28.7 Å². The third-order valence-corrected chi connectivity index (χ3v) is 5.99. The van der Waals surface area contributed by atoms with Crippen LogP contribution in [0.3, 0.4) is 0 Å². The summed E-state index contributed by atoms with van der Waals surface area (Å²) in [6.45, 7) is -1.51. The molecule has 0 aliphatic heterocycles.